The second-order valence-electron chi connectivity index (χ2n) is 7.68. The zero-order valence-electron chi connectivity index (χ0n) is 17.5. The summed E-state index contributed by atoms with van der Waals surface area (Å²) in [5.74, 6) is 0.0130. The Morgan fingerprint density at radius 2 is 1.53 bits per heavy atom. The van der Waals surface area contributed by atoms with E-state index < -0.39 is 0 Å². The molecule has 5 rings (SSSR count). The number of thiophene rings is 1. The van der Waals surface area contributed by atoms with Gasteiger partial charge in [-0.15, -0.1) is 5.10 Å². The molecule has 0 spiro atoms. The number of carbonyl (C=O) groups is 1. The molecule has 1 amide bonds. The Labute approximate surface area is 190 Å². The van der Waals surface area contributed by atoms with Crippen LogP contribution in [0.4, 0.5) is 0 Å². The predicted octanol–water partition coefficient (Wildman–Crippen LogP) is 5.39. The summed E-state index contributed by atoms with van der Waals surface area (Å²) in [7, 11) is 0. The van der Waals surface area contributed by atoms with Crippen molar-refractivity contribution >= 4 is 28.3 Å². The first-order chi connectivity index (χ1) is 15.8. The van der Waals surface area contributed by atoms with Gasteiger partial charge in [0.2, 0.25) is 5.91 Å². The van der Waals surface area contributed by atoms with Crippen LogP contribution in [0.3, 0.4) is 0 Å². The summed E-state index contributed by atoms with van der Waals surface area (Å²) in [6, 6.07) is 28.5. The van der Waals surface area contributed by atoms with Gasteiger partial charge in [-0.1, -0.05) is 71.9 Å². The van der Waals surface area contributed by atoms with Gasteiger partial charge in [0.05, 0.1) is 5.52 Å². The molecule has 0 aliphatic carbocycles. The Bertz CT molecular complexity index is 1310. The monoisotopic (exact) mass is 438 g/mol. The highest BCUT2D eigenvalue weighted by molar-refractivity contribution is 7.07. The van der Waals surface area contributed by atoms with E-state index >= 15 is 0 Å². The summed E-state index contributed by atoms with van der Waals surface area (Å²) in [6.45, 7) is 1.26. The molecular formula is C26H22N4OS. The van der Waals surface area contributed by atoms with E-state index in [1.807, 2.05) is 52.7 Å². The highest BCUT2D eigenvalue weighted by Gasteiger charge is 2.17. The molecule has 2 aromatic heterocycles. The average molecular weight is 439 g/mol. The van der Waals surface area contributed by atoms with Crippen LogP contribution in [-0.4, -0.2) is 25.8 Å². The van der Waals surface area contributed by atoms with Crippen molar-refractivity contribution < 1.29 is 4.79 Å². The van der Waals surface area contributed by atoms with Crippen molar-refractivity contribution in [2.45, 2.75) is 19.6 Å². The molecule has 0 unspecified atom stereocenters. The molecule has 0 radical (unpaired) electrons. The van der Waals surface area contributed by atoms with Gasteiger partial charge in [-0.05, 0) is 51.2 Å². The van der Waals surface area contributed by atoms with Crippen LogP contribution in [0.5, 0.6) is 0 Å². The van der Waals surface area contributed by atoms with Crippen molar-refractivity contribution in [1.82, 2.24) is 19.9 Å². The van der Waals surface area contributed by atoms with Crippen LogP contribution in [0.2, 0.25) is 0 Å². The van der Waals surface area contributed by atoms with Gasteiger partial charge in [-0.3, -0.25) is 4.79 Å². The predicted molar refractivity (Wildman–Crippen MR) is 128 cm³/mol. The lowest BCUT2D eigenvalue weighted by atomic mass is 10.0. The molecule has 0 saturated carbocycles. The third kappa shape index (κ3) is 4.45. The van der Waals surface area contributed by atoms with Crippen molar-refractivity contribution in [2.24, 2.45) is 0 Å². The van der Waals surface area contributed by atoms with Gasteiger partial charge in [0.1, 0.15) is 12.1 Å². The molecular weight excluding hydrogens is 416 g/mol. The fourth-order valence-corrected chi connectivity index (χ4v) is 4.41. The van der Waals surface area contributed by atoms with E-state index in [2.05, 4.69) is 58.2 Å². The summed E-state index contributed by atoms with van der Waals surface area (Å²) in [5.41, 5.74) is 6.23. The number of hydrogen-bond donors (Lipinski definition) is 0. The van der Waals surface area contributed by atoms with Gasteiger partial charge >= 0.3 is 0 Å². The summed E-state index contributed by atoms with van der Waals surface area (Å²) >= 11 is 1.64. The van der Waals surface area contributed by atoms with Crippen molar-refractivity contribution in [3.63, 3.8) is 0 Å². The molecule has 0 saturated heterocycles. The molecule has 0 aliphatic heterocycles. The summed E-state index contributed by atoms with van der Waals surface area (Å²) in [5, 5.41) is 12.5. The zero-order valence-corrected chi connectivity index (χ0v) is 18.3. The standard InChI is InChI=1S/C26H22N4OS/c31-26(18-30-25-9-5-4-8-24(25)27-28-30)29(17-21-14-15-32-19-21)16-20-10-12-23(13-11-20)22-6-2-1-3-7-22/h1-15,19H,16-18H2. The van der Waals surface area contributed by atoms with E-state index in [0.29, 0.717) is 13.1 Å². The maximum absolute atomic E-state index is 13.3. The molecule has 32 heavy (non-hydrogen) atoms. The highest BCUT2D eigenvalue weighted by atomic mass is 32.1. The lowest BCUT2D eigenvalue weighted by Gasteiger charge is -2.23. The molecule has 0 atom stereocenters. The third-order valence-electron chi connectivity index (χ3n) is 5.45. The lowest BCUT2D eigenvalue weighted by molar-refractivity contribution is -0.133. The maximum Gasteiger partial charge on any atom is 0.244 e. The Morgan fingerprint density at radius 1 is 0.812 bits per heavy atom. The van der Waals surface area contributed by atoms with Crippen molar-refractivity contribution in [2.75, 3.05) is 0 Å². The zero-order chi connectivity index (χ0) is 21.8. The van der Waals surface area contributed by atoms with Crippen LogP contribution >= 0.6 is 11.3 Å². The molecule has 6 heteroatoms. The van der Waals surface area contributed by atoms with E-state index in [1.54, 1.807) is 16.0 Å². The minimum absolute atomic E-state index is 0.0130. The molecule has 3 aromatic carbocycles. The van der Waals surface area contributed by atoms with Gasteiger partial charge in [0, 0.05) is 13.1 Å². The Morgan fingerprint density at radius 3 is 2.31 bits per heavy atom. The van der Waals surface area contributed by atoms with E-state index in [4.69, 9.17) is 0 Å². The number of aromatic nitrogens is 3. The number of carbonyl (C=O) groups excluding carboxylic acids is 1. The van der Waals surface area contributed by atoms with Crippen LogP contribution in [-0.2, 0) is 24.4 Å². The second kappa shape index (κ2) is 9.16. The van der Waals surface area contributed by atoms with Gasteiger partial charge in [-0.2, -0.15) is 11.3 Å². The van der Waals surface area contributed by atoms with Crippen molar-refractivity contribution in [3.8, 4) is 11.1 Å². The van der Waals surface area contributed by atoms with Crippen molar-refractivity contribution in [3.05, 3.63) is 107 Å². The first-order valence-corrected chi connectivity index (χ1v) is 11.4. The fourth-order valence-electron chi connectivity index (χ4n) is 3.75. The normalized spacial score (nSPS) is 11.0. The molecule has 0 bridgehead atoms. The summed E-state index contributed by atoms with van der Waals surface area (Å²) in [6.07, 6.45) is 0. The van der Waals surface area contributed by atoms with Crippen LogP contribution in [0, 0.1) is 0 Å². The minimum atomic E-state index is 0.0130. The number of amides is 1. The van der Waals surface area contributed by atoms with Crippen LogP contribution < -0.4 is 0 Å². The fraction of sp³-hybridized carbons (Fsp3) is 0.115. The summed E-state index contributed by atoms with van der Waals surface area (Å²) < 4.78 is 1.68. The number of hydrogen-bond acceptors (Lipinski definition) is 4. The summed E-state index contributed by atoms with van der Waals surface area (Å²) in [4.78, 5) is 15.2. The van der Waals surface area contributed by atoms with E-state index in [9.17, 15) is 4.79 Å². The van der Waals surface area contributed by atoms with Crippen LogP contribution in [0.15, 0.2) is 95.7 Å². The Kier molecular flexibility index (Phi) is 5.77. The third-order valence-corrected chi connectivity index (χ3v) is 6.18. The number of rotatable bonds is 7. The van der Waals surface area contributed by atoms with Crippen molar-refractivity contribution in [1.29, 1.82) is 0 Å². The molecule has 0 fully saturated rings. The maximum atomic E-state index is 13.3. The highest BCUT2D eigenvalue weighted by Crippen LogP contribution is 2.21. The number of benzene rings is 3. The molecule has 5 nitrogen and oxygen atoms in total. The SMILES string of the molecule is O=C(Cn1nnc2ccccc21)N(Cc1ccc(-c2ccccc2)cc1)Cc1ccsc1. The quantitative estimate of drug-likeness (QED) is 0.342. The number of para-hydroxylation sites is 1. The smallest absolute Gasteiger partial charge is 0.244 e. The lowest BCUT2D eigenvalue weighted by Crippen LogP contribution is -2.33. The number of nitrogens with zero attached hydrogens (tertiary/aromatic N) is 4. The van der Waals surface area contributed by atoms with Crippen LogP contribution in [0.1, 0.15) is 11.1 Å². The largest absolute Gasteiger partial charge is 0.332 e. The minimum Gasteiger partial charge on any atom is -0.332 e. The van der Waals surface area contributed by atoms with Crippen LogP contribution in [0.25, 0.3) is 22.2 Å². The Balaban J connectivity index is 1.36. The van der Waals surface area contributed by atoms with Gasteiger partial charge in [0.15, 0.2) is 0 Å². The average Bonchev–Trinajstić information content (AvgIpc) is 3.50. The molecule has 0 N–H and O–H groups in total. The molecule has 2 heterocycles. The molecule has 158 valence electrons. The first-order valence-electron chi connectivity index (χ1n) is 10.5. The van der Waals surface area contributed by atoms with Gasteiger partial charge in [0.25, 0.3) is 0 Å². The van der Waals surface area contributed by atoms with E-state index in [-0.39, 0.29) is 12.5 Å². The van der Waals surface area contributed by atoms with E-state index in [0.717, 1.165) is 22.2 Å². The number of fused-ring (bicyclic) bond motifs is 1. The topological polar surface area (TPSA) is 51.0 Å². The van der Waals surface area contributed by atoms with E-state index in [1.165, 1.54) is 11.1 Å². The van der Waals surface area contributed by atoms with Gasteiger partial charge < -0.3 is 4.90 Å². The molecule has 5 aromatic rings. The van der Waals surface area contributed by atoms with Gasteiger partial charge in [-0.25, -0.2) is 4.68 Å². The Hall–Kier alpha value is -3.77. The first kappa shape index (κ1) is 20.2. The molecule has 0 aliphatic rings. The second-order valence-corrected chi connectivity index (χ2v) is 8.46.